The SMILES string of the molecule is O=C(O)CCC(=O)N(C1CC1)[C@H]1c2ccccc2N(C(=O)OCc2ccc(F)cc2)[C@H]2CCC[C@H]21. The Morgan fingerprint density at radius 2 is 1.74 bits per heavy atom. The number of carbonyl (C=O) groups excluding carboxylic acids is 2. The first-order chi connectivity index (χ1) is 16.9. The van der Waals surface area contributed by atoms with E-state index in [1.54, 1.807) is 17.0 Å². The number of carboxylic acids is 1. The Balaban J connectivity index is 1.44. The van der Waals surface area contributed by atoms with Crippen LogP contribution in [0.25, 0.3) is 0 Å². The van der Waals surface area contributed by atoms with Crippen LogP contribution in [0.1, 0.15) is 62.1 Å². The Morgan fingerprint density at radius 3 is 2.46 bits per heavy atom. The Bertz CT molecular complexity index is 1120. The Kier molecular flexibility index (Phi) is 6.45. The van der Waals surface area contributed by atoms with E-state index >= 15 is 0 Å². The highest BCUT2D eigenvalue weighted by Crippen LogP contribution is 2.52. The summed E-state index contributed by atoms with van der Waals surface area (Å²) >= 11 is 0. The van der Waals surface area contributed by atoms with E-state index < -0.39 is 12.1 Å². The molecule has 35 heavy (non-hydrogen) atoms. The fourth-order valence-corrected chi connectivity index (χ4v) is 5.69. The number of aliphatic carboxylic acids is 1. The van der Waals surface area contributed by atoms with E-state index in [9.17, 15) is 18.8 Å². The molecule has 0 aromatic heterocycles. The molecule has 1 N–H and O–H groups in total. The zero-order valence-corrected chi connectivity index (χ0v) is 19.4. The Morgan fingerprint density at radius 1 is 1.00 bits per heavy atom. The van der Waals surface area contributed by atoms with Crippen LogP contribution in [-0.2, 0) is 20.9 Å². The lowest BCUT2D eigenvalue weighted by atomic mass is 9.81. The number of anilines is 1. The van der Waals surface area contributed by atoms with Crippen LogP contribution in [0.15, 0.2) is 48.5 Å². The standard InChI is InChI=1S/C27H29FN2O5/c28-18-10-8-17(9-11-18)16-35-27(34)30-22-6-2-1-4-20(22)26(21-5-3-7-23(21)30)29(19-12-13-19)24(31)14-15-25(32)33/h1-2,4,6,8-11,19,21,23,26H,3,5,7,12-16H2,(H,32,33)/t21-,23+,26+/m1/s1. The minimum atomic E-state index is -0.980. The van der Waals surface area contributed by atoms with E-state index in [2.05, 4.69) is 0 Å². The van der Waals surface area contributed by atoms with Gasteiger partial charge in [0.05, 0.1) is 18.2 Å². The number of carboxylic acid groups (broad SMARTS) is 1. The second-order valence-electron chi connectivity index (χ2n) is 9.64. The average molecular weight is 481 g/mol. The molecule has 0 saturated heterocycles. The van der Waals surface area contributed by atoms with Gasteiger partial charge in [0.2, 0.25) is 5.91 Å². The third-order valence-electron chi connectivity index (χ3n) is 7.34. The normalized spacial score (nSPS) is 22.8. The first-order valence-electron chi connectivity index (χ1n) is 12.3. The third-order valence-corrected chi connectivity index (χ3v) is 7.34. The average Bonchev–Trinajstić information content (AvgIpc) is 3.57. The molecule has 2 aliphatic carbocycles. The predicted octanol–water partition coefficient (Wildman–Crippen LogP) is 5.05. The summed E-state index contributed by atoms with van der Waals surface area (Å²) in [6, 6.07) is 13.3. The smallest absolute Gasteiger partial charge is 0.414 e. The lowest BCUT2D eigenvalue weighted by molar-refractivity contribution is -0.142. The lowest BCUT2D eigenvalue weighted by Gasteiger charge is -2.47. The van der Waals surface area contributed by atoms with E-state index in [4.69, 9.17) is 9.84 Å². The van der Waals surface area contributed by atoms with Crippen molar-refractivity contribution < 1.29 is 28.6 Å². The minimum absolute atomic E-state index is 0.0225. The third kappa shape index (κ3) is 4.74. The van der Waals surface area contributed by atoms with Crippen molar-refractivity contribution >= 4 is 23.7 Å². The lowest BCUT2D eigenvalue weighted by Crippen LogP contribution is -2.53. The van der Waals surface area contributed by atoms with Crippen LogP contribution in [0.2, 0.25) is 0 Å². The van der Waals surface area contributed by atoms with Gasteiger partial charge in [0.15, 0.2) is 0 Å². The molecule has 7 nitrogen and oxygen atoms in total. The molecule has 3 aliphatic rings. The van der Waals surface area contributed by atoms with Gasteiger partial charge < -0.3 is 14.7 Å². The quantitative estimate of drug-likeness (QED) is 0.599. The monoisotopic (exact) mass is 480 g/mol. The zero-order chi connectivity index (χ0) is 24.5. The number of amides is 2. The molecule has 2 fully saturated rings. The maximum Gasteiger partial charge on any atom is 0.414 e. The highest BCUT2D eigenvalue weighted by molar-refractivity contribution is 5.91. The highest BCUT2D eigenvalue weighted by Gasteiger charge is 2.51. The van der Waals surface area contributed by atoms with E-state index in [1.807, 2.05) is 29.2 Å². The van der Waals surface area contributed by atoms with Gasteiger partial charge in [-0.25, -0.2) is 9.18 Å². The van der Waals surface area contributed by atoms with Crippen LogP contribution in [0.5, 0.6) is 0 Å². The van der Waals surface area contributed by atoms with Crippen molar-refractivity contribution in [3.05, 3.63) is 65.5 Å². The molecule has 3 atom stereocenters. The fourth-order valence-electron chi connectivity index (χ4n) is 5.69. The number of halogens is 1. The van der Waals surface area contributed by atoms with Gasteiger partial charge in [0, 0.05) is 24.4 Å². The summed E-state index contributed by atoms with van der Waals surface area (Å²) in [7, 11) is 0. The molecule has 2 aromatic carbocycles. The Hall–Kier alpha value is -3.42. The predicted molar refractivity (Wildman–Crippen MR) is 126 cm³/mol. The largest absolute Gasteiger partial charge is 0.481 e. The number of fused-ring (bicyclic) bond motifs is 2. The van der Waals surface area contributed by atoms with Crippen LogP contribution in [0.4, 0.5) is 14.9 Å². The maximum atomic E-state index is 13.4. The number of carbonyl (C=O) groups is 3. The van der Waals surface area contributed by atoms with E-state index in [0.29, 0.717) is 5.56 Å². The van der Waals surface area contributed by atoms with Crippen LogP contribution in [0, 0.1) is 11.7 Å². The summed E-state index contributed by atoms with van der Waals surface area (Å²) in [5.41, 5.74) is 2.35. The molecule has 184 valence electrons. The summed E-state index contributed by atoms with van der Waals surface area (Å²) in [5.74, 6) is -1.40. The van der Waals surface area contributed by atoms with Crippen molar-refractivity contribution in [3.63, 3.8) is 0 Å². The van der Waals surface area contributed by atoms with Gasteiger partial charge in [-0.2, -0.15) is 0 Å². The molecule has 1 heterocycles. The van der Waals surface area contributed by atoms with Crippen LogP contribution in [-0.4, -0.2) is 40.1 Å². The molecule has 0 radical (unpaired) electrons. The molecule has 2 aromatic rings. The summed E-state index contributed by atoms with van der Waals surface area (Å²) < 4.78 is 18.9. The molecule has 8 heteroatoms. The summed E-state index contributed by atoms with van der Waals surface area (Å²) in [6.45, 7) is 0.0421. The van der Waals surface area contributed by atoms with Crippen molar-refractivity contribution in [2.24, 2.45) is 5.92 Å². The minimum Gasteiger partial charge on any atom is -0.481 e. The number of rotatable bonds is 7. The summed E-state index contributed by atoms with van der Waals surface area (Å²) in [4.78, 5) is 41.4. The highest BCUT2D eigenvalue weighted by atomic mass is 19.1. The second-order valence-corrected chi connectivity index (χ2v) is 9.64. The second kappa shape index (κ2) is 9.68. The Labute approximate surface area is 203 Å². The number of hydrogen-bond donors (Lipinski definition) is 1. The summed E-state index contributed by atoms with van der Waals surface area (Å²) in [6.07, 6.45) is 3.79. The number of hydrogen-bond acceptors (Lipinski definition) is 4. The van der Waals surface area contributed by atoms with E-state index in [0.717, 1.165) is 43.4 Å². The zero-order valence-electron chi connectivity index (χ0n) is 19.4. The van der Waals surface area contributed by atoms with Crippen molar-refractivity contribution in [2.75, 3.05) is 4.90 Å². The van der Waals surface area contributed by atoms with E-state index in [-0.39, 0.29) is 55.2 Å². The molecular formula is C27H29FN2O5. The number of ether oxygens (including phenoxy) is 1. The molecule has 5 rings (SSSR count). The van der Waals surface area contributed by atoms with Crippen LogP contribution < -0.4 is 4.90 Å². The molecule has 2 saturated carbocycles. The van der Waals surface area contributed by atoms with Crippen molar-refractivity contribution in [3.8, 4) is 0 Å². The van der Waals surface area contributed by atoms with Gasteiger partial charge in [-0.05, 0) is 55.0 Å². The van der Waals surface area contributed by atoms with Gasteiger partial charge in [-0.3, -0.25) is 14.5 Å². The number of para-hydroxylation sites is 1. The van der Waals surface area contributed by atoms with Gasteiger partial charge in [0.25, 0.3) is 0 Å². The fraction of sp³-hybridized carbons (Fsp3) is 0.444. The number of benzene rings is 2. The van der Waals surface area contributed by atoms with Crippen LogP contribution in [0.3, 0.4) is 0 Å². The molecule has 0 spiro atoms. The molecule has 0 unspecified atom stereocenters. The van der Waals surface area contributed by atoms with Crippen molar-refractivity contribution in [1.82, 2.24) is 4.90 Å². The molecule has 0 bridgehead atoms. The van der Waals surface area contributed by atoms with E-state index in [1.165, 1.54) is 12.1 Å². The van der Waals surface area contributed by atoms with Gasteiger partial charge >= 0.3 is 12.1 Å². The first kappa shape index (κ1) is 23.3. The van der Waals surface area contributed by atoms with Gasteiger partial charge in [-0.1, -0.05) is 36.8 Å². The van der Waals surface area contributed by atoms with Crippen molar-refractivity contribution in [2.45, 2.75) is 69.7 Å². The van der Waals surface area contributed by atoms with Gasteiger partial charge in [0.1, 0.15) is 12.4 Å². The van der Waals surface area contributed by atoms with Crippen LogP contribution >= 0.6 is 0 Å². The maximum absolute atomic E-state index is 13.4. The number of nitrogens with zero attached hydrogens (tertiary/aromatic N) is 2. The first-order valence-corrected chi connectivity index (χ1v) is 12.3. The van der Waals surface area contributed by atoms with Gasteiger partial charge in [-0.15, -0.1) is 0 Å². The molecule has 2 amide bonds. The molecule has 1 aliphatic heterocycles. The van der Waals surface area contributed by atoms with Crippen molar-refractivity contribution in [1.29, 1.82) is 0 Å². The summed E-state index contributed by atoms with van der Waals surface area (Å²) in [5, 5.41) is 9.11. The topological polar surface area (TPSA) is 87.2 Å². The molecular weight excluding hydrogens is 451 g/mol.